The van der Waals surface area contributed by atoms with E-state index in [0.717, 1.165) is 22.4 Å². The standard InChI is InChI=1S/C21H17N5/c1-14-5-3-4-6-18(14)19(12-23)20-15(2)13-24-21(26-20)25-17-9-7-16(11-22)8-10-17/h3-10,13,19H,1-2H3,(H,24,25,26). The van der Waals surface area contributed by atoms with Gasteiger partial charge in [0.2, 0.25) is 5.95 Å². The maximum atomic E-state index is 9.76. The van der Waals surface area contributed by atoms with Crippen molar-refractivity contribution in [1.82, 2.24) is 9.97 Å². The van der Waals surface area contributed by atoms with Gasteiger partial charge in [0.05, 0.1) is 23.4 Å². The summed E-state index contributed by atoms with van der Waals surface area (Å²) in [6, 6.07) is 19.3. The van der Waals surface area contributed by atoms with Crippen molar-refractivity contribution in [3.8, 4) is 12.1 Å². The number of nitrogens with one attached hydrogen (secondary N) is 1. The van der Waals surface area contributed by atoms with E-state index in [4.69, 9.17) is 5.26 Å². The topological polar surface area (TPSA) is 85.4 Å². The molecule has 26 heavy (non-hydrogen) atoms. The minimum absolute atomic E-state index is 0.421. The lowest BCUT2D eigenvalue weighted by Gasteiger charge is -2.15. The Kier molecular flexibility index (Phi) is 4.92. The Bertz CT molecular complexity index is 1010. The summed E-state index contributed by atoms with van der Waals surface area (Å²) < 4.78 is 0. The maximum Gasteiger partial charge on any atom is 0.227 e. The minimum Gasteiger partial charge on any atom is -0.324 e. The fraction of sp³-hybridized carbons (Fsp3) is 0.143. The molecule has 0 aliphatic heterocycles. The van der Waals surface area contributed by atoms with Crippen LogP contribution in [0.1, 0.15) is 33.9 Å². The first-order chi connectivity index (χ1) is 12.6. The molecule has 1 N–H and O–H groups in total. The Balaban J connectivity index is 1.95. The minimum atomic E-state index is -0.458. The van der Waals surface area contributed by atoms with Crippen LogP contribution in [0.5, 0.6) is 0 Å². The summed E-state index contributed by atoms with van der Waals surface area (Å²) in [5.74, 6) is -0.0372. The fourth-order valence-electron chi connectivity index (χ4n) is 2.75. The van der Waals surface area contributed by atoms with E-state index < -0.39 is 5.92 Å². The Morgan fingerprint density at radius 3 is 2.35 bits per heavy atom. The average molecular weight is 339 g/mol. The average Bonchev–Trinajstić information content (AvgIpc) is 2.67. The van der Waals surface area contributed by atoms with Gasteiger partial charge < -0.3 is 5.32 Å². The van der Waals surface area contributed by atoms with Gasteiger partial charge in [-0.1, -0.05) is 24.3 Å². The van der Waals surface area contributed by atoms with Crippen molar-refractivity contribution in [2.24, 2.45) is 0 Å². The van der Waals surface area contributed by atoms with Crippen molar-refractivity contribution in [3.05, 3.63) is 82.7 Å². The molecule has 0 spiro atoms. The molecule has 0 bridgehead atoms. The third kappa shape index (κ3) is 3.53. The molecule has 1 unspecified atom stereocenters. The van der Waals surface area contributed by atoms with Crippen LogP contribution in [0.25, 0.3) is 0 Å². The maximum absolute atomic E-state index is 9.76. The van der Waals surface area contributed by atoms with Crippen molar-refractivity contribution >= 4 is 11.6 Å². The quantitative estimate of drug-likeness (QED) is 0.763. The van der Waals surface area contributed by atoms with Gasteiger partial charge in [-0.15, -0.1) is 0 Å². The molecule has 1 aromatic heterocycles. The molecular formula is C21H17N5. The number of rotatable bonds is 4. The molecule has 0 fully saturated rings. The van der Waals surface area contributed by atoms with E-state index in [9.17, 15) is 5.26 Å². The first-order valence-electron chi connectivity index (χ1n) is 8.18. The lowest BCUT2D eigenvalue weighted by Crippen LogP contribution is -2.08. The largest absolute Gasteiger partial charge is 0.324 e. The van der Waals surface area contributed by atoms with Crippen LogP contribution in [0.3, 0.4) is 0 Å². The predicted octanol–water partition coefficient (Wildman–Crippen LogP) is 4.36. The van der Waals surface area contributed by atoms with Crippen LogP contribution in [0.15, 0.2) is 54.7 Å². The molecule has 5 nitrogen and oxygen atoms in total. The van der Waals surface area contributed by atoms with E-state index in [1.165, 1.54) is 0 Å². The Morgan fingerprint density at radius 2 is 1.69 bits per heavy atom. The molecule has 0 amide bonds. The summed E-state index contributed by atoms with van der Waals surface area (Å²) in [6.45, 7) is 3.90. The summed E-state index contributed by atoms with van der Waals surface area (Å²) in [6.07, 6.45) is 1.72. The van der Waals surface area contributed by atoms with E-state index >= 15 is 0 Å². The molecule has 0 radical (unpaired) electrons. The lowest BCUT2D eigenvalue weighted by atomic mass is 9.91. The van der Waals surface area contributed by atoms with E-state index in [0.29, 0.717) is 17.2 Å². The molecule has 126 valence electrons. The number of hydrogen-bond acceptors (Lipinski definition) is 5. The molecule has 0 saturated heterocycles. The van der Waals surface area contributed by atoms with Crippen molar-refractivity contribution < 1.29 is 0 Å². The van der Waals surface area contributed by atoms with E-state index in [1.807, 2.05) is 38.1 Å². The first-order valence-corrected chi connectivity index (χ1v) is 8.18. The number of nitrogens with zero attached hydrogens (tertiary/aromatic N) is 4. The van der Waals surface area contributed by atoms with Crippen LogP contribution in [-0.2, 0) is 0 Å². The molecule has 3 aromatic rings. The number of aromatic nitrogens is 2. The highest BCUT2D eigenvalue weighted by Gasteiger charge is 2.20. The number of anilines is 2. The molecule has 0 saturated carbocycles. The fourth-order valence-corrected chi connectivity index (χ4v) is 2.75. The SMILES string of the molecule is Cc1ccccc1C(C#N)c1nc(Nc2ccc(C#N)cc2)ncc1C. The van der Waals surface area contributed by atoms with Crippen LogP contribution in [0, 0.1) is 36.5 Å². The Labute approximate surface area is 152 Å². The number of hydrogen-bond donors (Lipinski definition) is 1. The predicted molar refractivity (Wildman–Crippen MR) is 99.8 cm³/mol. The molecule has 5 heteroatoms. The zero-order valence-electron chi connectivity index (χ0n) is 14.6. The van der Waals surface area contributed by atoms with Gasteiger partial charge >= 0.3 is 0 Å². The van der Waals surface area contributed by atoms with Crippen molar-refractivity contribution in [1.29, 1.82) is 10.5 Å². The van der Waals surface area contributed by atoms with Crippen molar-refractivity contribution in [2.75, 3.05) is 5.32 Å². The molecular weight excluding hydrogens is 322 g/mol. The second-order valence-electron chi connectivity index (χ2n) is 5.99. The van der Waals surface area contributed by atoms with Crippen LogP contribution in [-0.4, -0.2) is 9.97 Å². The number of nitriles is 2. The van der Waals surface area contributed by atoms with Crippen LogP contribution >= 0.6 is 0 Å². The molecule has 0 aliphatic rings. The van der Waals surface area contributed by atoms with Gasteiger partial charge in [-0.05, 0) is 54.8 Å². The molecule has 3 rings (SSSR count). The van der Waals surface area contributed by atoms with Crippen molar-refractivity contribution in [2.45, 2.75) is 19.8 Å². The second-order valence-corrected chi connectivity index (χ2v) is 5.99. The van der Waals surface area contributed by atoms with E-state index in [-0.39, 0.29) is 0 Å². The van der Waals surface area contributed by atoms with Gasteiger partial charge in [0, 0.05) is 11.9 Å². The van der Waals surface area contributed by atoms with Crippen molar-refractivity contribution in [3.63, 3.8) is 0 Å². The highest BCUT2D eigenvalue weighted by molar-refractivity contribution is 5.55. The summed E-state index contributed by atoms with van der Waals surface area (Å²) in [5.41, 5.74) is 4.92. The normalized spacial score (nSPS) is 11.2. The summed E-state index contributed by atoms with van der Waals surface area (Å²) >= 11 is 0. The van der Waals surface area contributed by atoms with Gasteiger partial charge in [0.25, 0.3) is 0 Å². The monoisotopic (exact) mass is 339 g/mol. The third-order valence-corrected chi connectivity index (χ3v) is 4.18. The van der Waals surface area contributed by atoms with Crippen LogP contribution in [0.4, 0.5) is 11.6 Å². The van der Waals surface area contributed by atoms with E-state index in [2.05, 4.69) is 27.4 Å². The summed E-state index contributed by atoms with van der Waals surface area (Å²) in [7, 11) is 0. The lowest BCUT2D eigenvalue weighted by molar-refractivity contribution is 0.918. The third-order valence-electron chi connectivity index (χ3n) is 4.18. The molecule has 1 heterocycles. The summed E-state index contributed by atoms with van der Waals surface area (Å²) in [5, 5.41) is 21.8. The van der Waals surface area contributed by atoms with Gasteiger partial charge in [-0.2, -0.15) is 10.5 Å². The Morgan fingerprint density at radius 1 is 0.962 bits per heavy atom. The highest BCUT2D eigenvalue weighted by Crippen LogP contribution is 2.28. The van der Waals surface area contributed by atoms with Crippen LogP contribution < -0.4 is 5.32 Å². The Hall–Kier alpha value is -3.70. The number of aryl methyl sites for hydroxylation is 2. The van der Waals surface area contributed by atoms with E-state index in [1.54, 1.807) is 30.5 Å². The zero-order chi connectivity index (χ0) is 18.5. The smallest absolute Gasteiger partial charge is 0.227 e. The first kappa shape index (κ1) is 17.1. The van der Waals surface area contributed by atoms with Gasteiger partial charge in [0.15, 0.2) is 0 Å². The van der Waals surface area contributed by atoms with Gasteiger partial charge in [-0.25, -0.2) is 9.97 Å². The van der Waals surface area contributed by atoms with Crippen LogP contribution in [0.2, 0.25) is 0 Å². The molecule has 1 atom stereocenters. The van der Waals surface area contributed by atoms with Gasteiger partial charge in [0.1, 0.15) is 5.92 Å². The van der Waals surface area contributed by atoms with Gasteiger partial charge in [-0.3, -0.25) is 0 Å². The number of benzene rings is 2. The summed E-state index contributed by atoms with van der Waals surface area (Å²) in [4.78, 5) is 8.90. The highest BCUT2D eigenvalue weighted by atomic mass is 15.1. The second kappa shape index (κ2) is 7.46. The zero-order valence-corrected chi connectivity index (χ0v) is 14.6. The molecule has 2 aromatic carbocycles. The molecule has 0 aliphatic carbocycles.